The van der Waals surface area contributed by atoms with Gasteiger partial charge in [0, 0.05) is 64.9 Å². The van der Waals surface area contributed by atoms with Gasteiger partial charge >= 0.3 is 5.97 Å². The fourth-order valence-corrected chi connectivity index (χ4v) is 6.24. The Labute approximate surface area is 220 Å². The lowest BCUT2D eigenvalue weighted by Crippen LogP contribution is -2.40. The summed E-state index contributed by atoms with van der Waals surface area (Å²) in [5, 5.41) is 21.4. The number of aliphatic carboxylic acids is 1. The van der Waals surface area contributed by atoms with E-state index in [0.29, 0.717) is 31.6 Å². The maximum absolute atomic E-state index is 13.3. The van der Waals surface area contributed by atoms with Crippen molar-refractivity contribution in [3.63, 3.8) is 0 Å². The third-order valence-corrected chi connectivity index (χ3v) is 8.24. The molecule has 37 heavy (non-hydrogen) atoms. The number of aryl methyl sites for hydroxylation is 1. The molecule has 192 valence electrons. The average Bonchev–Trinajstić information content (AvgIpc) is 2.90. The number of rotatable bonds is 10. The van der Waals surface area contributed by atoms with Crippen LogP contribution in [0.25, 0.3) is 20.2 Å². The minimum absolute atomic E-state index is 0.0274. The number of carbonyl (C=O) groups is 1. The number of benzene rings is 3. The predicted octanol–water partition coefficient (Wildman–Crippen LogP) is 4.67. The Kier molecular flexibility index (Phi) is 7.69. The topological polar surface area (TPSA) is 93.7 Å². The molecular weight excluding hydrogens is 484 g/mol. The lowest BCUT2D eigenvalue weighted by atomic mass is 9.98. The summed E-state index contributed by atoms with van der Waals surface area (Å²) in [4.78, 5) is 26.8. The summed E-state index contributed by atoms with van der Waals surface area (Å²) in [6, 6.07) is 20.3. The summed E-state index contributed by atoms with van der Waals surface area (Å²) in [6.45, 7) is 5.32. The molecule has 0 amide bonds. The second-order valence-electron chi connectivity index (χ2n) is 9.47. The van der Waals surface area contributed by atoms with E-state index >= 15 is 0 Å². The molecule has 5 rings (SSSR count). The van der Waals surface area contributed by atoms with Crippen LogP contribution in [0, 0.1) is 6.92 Å². The van der Waals surface area contributed by atoms with Crippen LogP contribution in [-0.4, -0.2) is 55.2 Å². The van der Waals surface area contributed by atoms with Gasteiger partial charge in [-0.15, -0.1) is 11.3 Å². The molecule has 0 fully saturated rings. The Morgan fingerprint density at radius 3 is 2.73 bits per heavy atom. The van der Waals surface area contributed by atoms with Gasteiger partial charge in [-0.05, 0) is 48.7 Å². The van der Waals surface area contributed by atoms with Crippen LogP contribution in [0.1, 0.15) is 23.6 Å². The summed E-state index contributed by atoms with van der Waals surface area (Å²) in [5.41, 5.74) is 4.33. The number of nitrogens with one attached hydrogen (secondary N) is 3. The van der Waals surface area contributed by atoms with Gasteiger partial charge in [0.05, 0.1) is 11.9 Å². The van der Waals surface area contributed by atoms with Crippen LogP contribution in [0.15, 0.2) is 65.5 Å². The van der Waals surface area contributed by atoms with Crippen LogP contribution in [0.5, 0.6) is 0 Å². The van der Waals surface area contributed by atoms with Crippen LogP contribution in [0.4, 0.5) is 11.4 Å². The van der Waals surface area contributed by atoms with Crippen LogP contribution >= 0.6 is 11.3 Å². The number of anilines is 2. The van der Waals surface area contributed by atoms with Crippen molar-refractivity contribution in [3.8, 4) is 0 Å². The Hall–Kier alpha value is -3.46. The minimum atomic E-state index is -0.844. The Morgan fingerprint density at radius 2 is 1.86 bits per heavy atom. The van der Waals surface area contributed by atoms with Crippen LogP contribution in [0.3, 0.4) is 0 Å². The van der Waals surface area contributed by atoms with Gasteiger partial charge in [0.25, 0.3) is 0 Å². The lowest BCUT2D eigenvalue weighted by Gasteiger charge is -2.29. The molecule has 8 heteroatoms. The smallest absolute Gasteiger partial charge is 0.317 e. The van der Waals surface area contributed by atoms with Gasteiger partial charge in [0.15, 0.2) is 5.43 Å². The van der Waals surface area contributed by atoms with E-state index in [-0.39, 0.29) is 18.0 Å². The minimum Gasteiger partial charge on any atom is -0.480 e. The molecule has 1 atom stereocenters. The van der Waals surface area contributed by atoms with Gasteiger partial charge in [0.1, 0.15) is 0 Å². The van der Waals surface area contributed by atoms with Gasteiger partial charge in [-0.3, -0.25) is 14.5 Å². The number of carboxylic acids is 1. The third kappa shape index (κ3) is 5.61. The van der Waals surface area contributed by atoms with Crippen molar-refractivity contribution >= 4 is 48.9 Å². The molecule has 4 N–H and O–H groups in total. The first-order valence-electron chi connectivity index (χ1n) is 12.7. The van der Waals surface area contributed by atoms with E-state index in [9.17, 15) is 14.7 Å². The third-order valence-electron chi connectivity index (χ3n) is 6.93. The first-order valence-corrected chi connectivity index (χ1v) is 13.5. The molecule has 0 saturated carbocycles. The number of para-hydroxylation sites is 1. The highest BCUT2D eigenvalue weighted by atomic mass is 32.1. The SMILES string of the molecule is Cc1ccc(NCCN(CCNC2CCNc3ccccc32)CC(=O)O)c2c(=O)c3ccccc3sc12. The number of nitrogens with zero attached hydrogens (tertiary/aromatic N) is 1. The molecule has 0 spiro atoms. The molecule has 0 saturated heterocycles. The monoisotopic (exact) mass is 516 g/mol. The van der Waals surface area contributed by atoms with Crippen LogP contribution in [0.2, 0.25) is 0 Å². The van der Waals surface area contributed by atoms with Crippen molar-refractivity contribution in [2.75, 3.05) is 49.9 Å². The van der Waals surface area contributed by atoms with Crippen molar-refractivity contribution in [1.29, 1.82) is 0 Å². The van der Waals surface area contributed by atoms with Gasteiger partial charge in [-0.2, -0.15) is 0 Å². The highest BCUT2D eigenvalue weighted by molar-refractivity contribution is 7.24. The zero-order valence-electron chi connectivity index (χ0n) is 20.9. The predicted molar refractivity (Wildman–Crippen MR) is 153 cm³/mol. The van der Waals surface area contributed by atoms with Crippen LogP contribution < -0.4 is 21.4 Å². The van der Waals surface area contributed by atoms with E-state index in [1.54, 1.807) is 11.3 Å². The standard InChI is InChI=1S/C29H32N4O3S/c1-19-10-11-24(27-28(36)21-7-3-5-9-25(21)37-29(19)27)32-15-17-33(18-26(34)35)16-14-31-23-12-13-30-22-8-4-2-6-20(22)23/h2-11,23,30-32H,12-18H2,1H3,(H,34,35). The summed E-state index contributed by atoms with van der Waals surface area (Å²) < 4.78 is 1.97. The van der Waals surface area contributed by atoms with E-state index in [0.717, 1.165) is 44.7 Å². The average molecular weight is 517 g/mol. The first kappa shape index (κ1) is 25.2. The zero-order chi connectivity index (χ0) is 25.8. The van der Waals surface area contributed by atoms with Gasteiger partial charge < -0.3 is 21.1 Å². The zero-order valence-corrected chi connectivity index (χ0v) is 21.7. The van der Waals surface area contributed by atoms with E-state index in [4.69, 9.17) is 0 Å². The fraction of sp³-hybridized carbons (Fsp3) is 0.310. The van der Waals surface area contributed by atoms with Crippen molar-refractivity contribution in [1.82, 2.24) is 10.2 Å². The molecule has 7 nitrogen and oxygen atoms in total. The Morgan fingerprint density at radius 1 is 1.08 bits per heavy atom. The van der Waals surface area contributed by atoms with Crippen LogP contribution in [-0.2, 0) is 4.79 Å². The van der Waals surface area contributed by atoms with E-state index < -0.39 is 5.97 Å². The van der Waals surface area contributed by atoms with Crippen molar-refractivity contribution in [2.24, 2.45) is 0 Å². The van der Waals surface area contributed by atoms with E-state index in [2.05, 4.69) is 34.1 Å². The number of fused-ring (bicyclic) bond motifs is 3. The molecule has 3 aromatic carbocycles. The molecule has 0 radical (unpaired) electrons. The molecule has 1 aliphatic heterocycles. The Bertz CT molecular complexity index is 1490. The summed E-state index contributed by atoms with van der Waals surface area (Å²) in [5.74, 6) is -0.844. The van der Waals surface area contributed by atoms with Crippen molar-refractivity contribution in [2.45, 2.75) is 19.4 Å². The molecular formula is C29H32N4O3S. The number of hydrogen-bond acceptors (Lipinski definition) is 7. The van der Waals surface area contributed by atoms with E-state index in [1.165, 1.54) is 5.56 Å². The van der Waals surface area contributed by atoms with E-state index in [1.807, 2.05) is 54.3 Å². The molecule has 2 heterocycles. The second kappa shape index (κ2) is 11.3. The first-order chi connectivity index (χ1) is 18.0. The van der Waals surface area contributed by atoms with Gasteiger partial charge in [0.2, 0.25) is 0 Å². The Balaban J connectivity index is 1.25. The maximum atomic E-state index is 13.3. The van der Waals surface area contributed by atoms with Crippen molar-refractivity contribution < 1.29 is 9.90 Å². The normalized spacial score (nSPS) is 15.0. The quantitative estimate of drug-likeness (QED) is 0.228. The van der Waals surface area contributed by atoms with Gasteiger partial charge in [-0.25, -0.2) is 0 Å². The molecule has 1 unspecified atom stereocenters. The highest BCUT2D eigenvalue weighted by Crippen LogP contribution is 2.32. The number of hydrogen-bond donors (Lipinski definition) is 4. The van der Waals surface area contributed by atoms with Crippen molar-refractivity contribution in [3.05, 3.63) is 82.0 Å². The fourth-order valence-electron chi connectivity index (χ4n) is 5.07. The summed E-state index contributed by atoms with van der Waals surface area (Å²) in [6.07, 6.45) is 0.991. The maximum Gasteiger partial charge on any atom is 0.317 e. The second-order valence-corrected chi connectivity index (χ2v) is 10.5. The molecule has 0 bridgehead atoms. The summed E-state index contributed by atoms with van der Waals surface area (Å²) >= 11 is 1.63. The molecule has 1 aliphatic rings. The molecule has 0 aliphatic carbocycles. The number of carboxylic acid groups (broad SMARTS) is 1. The lowest BCUT2D eigenvalue weighted by molar-refractivity contribution is -0.138. The summed E-state index contributed by atoms with van der Waals surface area (Å²) in [7, 11) is 0. The highest BCUT2D eigenvalue weighted by Gasteiger charge is 2.19. The largest absolute Gasteiger partial charge is 0.480 e. The van der Waals surface area contributed by atoms with Gasteiger partial charge in [-0.1, -0.05) is 36.4 Å². The molecule has 1 aromatic heterocycles. The molecule has 4 aromatic rings.